The van der Waals surface area contributed by atoms with Crippen molar-refractivity contribution < 1.29 is 29.0 Å². The lowest BCUT2D eigenvalue weighted by Crippen LogP contribution is -2.31. The van der Waals surface area contributed by atoms with Gasteiger partial charge in [0, 0.05) is 0 Å². The van der Waals surface area contributed by atoms with Gasteiger partial charge in [0.05, 0.1) is 35.7 Å². The van der Waals surface area contributed by atoms with Crippen LogP contribution in [0.4, 0.5) is 5.69 Å². The van der Waals surface area contributed by atoms with Crippen molar-refractivity contribution in [2.45, 2.75) is 19.9 Å². The van der Waals surface area contributed by atoms with E-state index in [0.717, 1.165) is 5.56 Å². The maximum atomic E-state index is 13.1. The van der Waals surface area contributed by atoms with E-state index < -0.39 is 5.97 Å². The normalized spacial score (nSPS) is 14.7. The van der Waals surface area contributed by atoms with E-state index in [1.165, 1.54) is 24.3 Å². The van der Waals surface area contributed by atoms with Crippen LogP contribution in [-0.2, 0) is 9.59 Å². The van der Waals surface area contributed by atoms with Gasteiger partial charge < -0.3 is 19.9 Å². The summed E-state index contributed by atoms with van der Waals surface area (Å²) in [7, 11) is 1.49. The first-order chi connectivity index (χ1) is 18.3. The van der Waals surface area contributed by atoms with Crippen LogP contribution < -0.4 is 19.8 Å². The Kier molecular flexibility index (Phi) is 7.86. The lowest BCUT2D eigenvalue weighted by molar-refractivity contribution is -0.123. The Morgan fingerprint density at radius 3 is 2.53 bits per heavy atom. The molecule has 1 aliphatic rings. The number of carboxylic acids is 1. The van der Waals surface area contributed by atoms with Crippen molar-refractivity contribution in [2.75, 3.05) is 18.7 Å². The number of anilines is 1. The number of hydrogen-bond acceptors (Lipinski definition) is 6. The van der Waals surface area contributed by atoms with E-state index in [1.54, 1.807) is 43.3 Å². The predicted octanol–water partition coefficient (Wildman–Crippen LogP) is 4.46. The van der Waals surface area contributed by atoms with Crippen molar-refractivity contribution in [1.82, 2.24) is 5.32 Å². The van der Waals surface area contributed by atoms with Gasteiger partial charge in [-0.2, -0.15) is 10.1 Å². The molecule has 0 aliphatic carbocycles. The van der Waals surface area contributed by atoms with Crippen molar-refractivity contribution in [1.29, 1.82) is 0 Å². The zero-order valence-corrected chi connectivity index (χ0v) is 21.2. The number of nitrogens with zero attached hydrogens (tertiary/aromatic N) is 2. The molecule has 1 heterocycles. The summed E-state index contributed by atoms with van der Waals surface area (Å²) in [6, 6.07) is 20.6. The lowest BCUT2D eigenvalue weighted by Gasteiger charge is -2.15. The fourth-order valence-corrected chi connectivity index (χ4v) is 3.94. The molecule has 0 radical (unpaired) electrons. The molecule has 2 N–H and O–H groups in total. The highest BCUT2D eigenvalue weighted by Crippen LogP contribution is 2.31. The van der Waals surface area contributed by atoms with Gasteiger partial charge >= 0.3 is 5.97 Å². The fraction of sp³-hybridized carbons (Fsp3) is 0.172. The number of benzene rings is 3. The molecule has 3 aromatic rings. The first-order valence-corrected chi connectivity index (χ1v) is 11.9. The molecule has 0 bridgehead atoms. The minimum atomic E-state index is -1.09. The van der Waals surface area contributed by atoms with Gasteiger partial charge in [0.2, 0.25) is 0 Å². The highest BCUT2D eigenvalue weighted by atomic mass is 16.5. The average Bonchev–Trinajstić information content (AvgIpc) is 3.21. The molecule has 0 spiro atoms. The van der Waals surface area contributed by atoms with Crippen molar-refractivity contribution in [3.63, 3.8) is 0 Å². The SMILES string of the molecule is COc1cc(/C=C2/C(=O)N(c3cccc(C(=O)O)c3)N=C2C)ccc1OCC(=O)NC(C)c1ccccc1. The third kappa shape index (κ3) is 5.89. The van der Waals surface area contributed by atoms with E-state index in [1.807, 2.05) is 37.3 Å². The van der Waals surface area contributed by atoms with E-state index >= 15 is 0 Å². The molecule has 9 heteroatoms. The molecule has 1 atom stereocenters. The number of carbonyl (C=O) groups is 3. The molecule has 2 amide bonds. The van der Waals surface area contributed by atoms with Crippen LogP contribution in [0.1, 0.15) is 41.4 Å². The quantitative estimate of drug-likeness (QED) is 0.408. The Hall–Kier alpha value is -4.92. The number of carbonyl (C=O) groups excluding carboxylic acids is 2. The number of hydrazone groups is 1. The smallest absolute Gasteiger partial charge is 0.335 e. The van der Waals surface area contributed by atoms with Gasteiger partial charge in [-0.1, -0.05) is 42.5 Å². The highest BCUT2D eigenvalue weighted by Gasteiger charge is 2.29. The summed E-state index contributed by atoms with van der Waals surface area (Å²) in [5, 5.41) is 17.6. The van der Waals surface area contributed by atoms with E-state index in [4.69, 9.17) is 9.47 Å². The predicted molar refractivity (Wildman–Crippen MR) is 143 cm³/mol. The molecular weight excluding hydrogens is 486 g/mol. The van der Waals surface area contributed by atoms with E-state index in [0.29, 0.717) is 34.0 Å². The molecule has 1 unspecified atom stereocenters. The third-order valence-electron chi connectivity index (χ3n) is 5.93. The third-order valence-corrected chi connectivity index (χ3v) is 5.93. The maximum Gasteiger partial charge on any atom is 0.335 e. The summed E-state index contributed by atoms with van der Waals surface area (Å²) in [6.45, 7) is 3.41. The molecule has 4 rings (SSSR count). The number of hydrogen-bond donors (Lipinski definition) is 2. The Morgan fingerprint density at radius 2 is 1.82 bits per heavy atom. The van der Waals surface area contributed by atoms with Gasteiger partial charge in [-0.25, -0.2) is 4.79 Å². The fourth-order valence-electron chi connectivity index (χ4n) is 3.94. The second-order valence-electron chi connectivity index (χ2n) is 8.61. The standard InChI is InChI=1S/C29H27N3O6/c1-18(21-8-5-4-6-9-21)30-27(33)17-38-25-13-12-20(15-26(25)37-3)14-24-19(2)31-32(28(24)34)23-11-7-10-22(16-23)29(35)36/h4-16,18H,17H2,1-3H3,(H,30,33)(H,35,36)/b24-14+. The van der Waals surface area contributed by atoms with E-state index in [2.05, 4.69) is 10.4 Å². The highest BCUT2D eigenvalue weighted by molar-refractivity contribution is 6.32. The Bertz CT molecular complexity index is 1430. The van der Waals surface area contributed by atoms with Gasteiger partial charge in [0.15, 0.2) is 18.1 Å². The second-order valence-corrected chi connectivity index (χ2v) is 8.61. The average molecular weight is 514 g/mol. The Balaban J connectivity index is 1.45. The molecule has 0 fully saturated rings. The summed E-state index contributed by atoms with van der Waals surface area (Å²) in [5.74, 6) is -0.965. The molecule has 194 valence electrons. The van der Waals surface area contributed by atoms with Gasteiger partial charge in [0.25, 0.3) is 11.8 Å². The van der Waals surface area contributed by atoms with Crippen molar-refractivity contribution in [3.8, 4) is 11.5 Å². The number of amides is 2. The zero-order chi connectivity index (χ0) is 27.2. The molecule has 3 aromatic carbocycles. The van der Waals surface area contributed by atoms with Gasteiger partial charge in [-0.05, 0) is 61.4 Å². The first-order valence-electron chi connectivity index (χ1n) is 11.9. The van der Waals surface area contributed by atoms with Crippen LogP contribution in [-0.4, -0.2) is 42.3 Å². The van der Waals surface area contributed by atoms with Crippen molar-refractivity contribution in [3.05, 3.63) is 95.1 Å². The van der Waals surface area contributed by atoms with Crippen molar-refractivity contribution >= 4 is 35.3 Å². The number of ether oxygens (including phenoxy) is 2. The number of carboxylic acid groups (broad SMARTS) is 1. The van der Waals surface area contributed by atoms with E-state index in [-0.39, 0.29) is 30.0 Å². The Morgan fingerprint density at radius 1 is 1.05 bits per heavy atom. The van der Waals surface area contributed by atoms with Gasteiger partial charge in [0.1, 0.15) is 0 Å². The van der Waals surface area contributed by atoms with Crippen LogP contribution in [0.15, 0.2) is 83.5 Å². The van der Waals surface area contributed by atoms with Crippen LogP contribution in [0, 0.1) is 0 Å². The maximum absolute atomic E-state index is 13.1. The molecule has 1 aliphatic heterocycles. The van der Waals surface area contributed by atoms with Crippen LogP contribution in [0.25, 0.3) is 6.08 Å². The van der Waals surface area contributed by atoms with Crippen LogP contribution in [0.2, 0.25) is 0 Å². The van der Waals surface area contributed by atoms with E-state index in [9.17, 15) is 19.5 Å². The summed E-state index contributed by atoms with van der Waals surface area (Å²) < 4.78 is 11.1. The van der Waals surface area contributed by atoms with Crippen LogP contribution in [0.5, 0.6) is 11.5 Å². The summed E-state index contributed by atoms with van der Waals surface area (Å²) >= 11 is 0. The number of methoxy groups -OCH3 is 1. The largest absolute Gasteiger partial charge is 0.493 e. The van der Waals surface area contributed by atoms with Crippen LogP contribution >= 0.6 is 0 Å². The lowest BCUT2D eigenvalue weighted by atomic mass is 10.1. The Labute approximate surface area is 220 Å². The molecule has 0 saturated heterocycles. The summed E-state index contributed by atoms with van der Waals surface area (Å²) in [6.07, 6.45) is 1.67. The van der Waals surface area contributed by atoms with Crippen LogP contribution in [0.3, 0.4) is 0 Å². The van der Waals surface area contributed by atoms with Crippen molar-refractivity contribution in [2.24, 2.45) is 5.10 Å². The molecule has 0 aromatic heterocycles. The molecular formula is C29H27N3O6. The monoisotopic (exact) mass is 513 g/mol. The minimum Gasteiger partial charge on any atom is -0.493 e. The molecule has 9 nitrogen and oxygen atoms in total. The molecule has 0 saturated carbocycles. The summed E-state index contributed by atoms with van der Waals surface area (Å²) in [4.78, 5) is 36.8. The minimum absolute atomic E-state index is 0.0594. The number of nitrogens with one attached hydrogen (secondary N) is 1. The molecule has 38 heavy (non-hydrogen) atoms. The summed E-state index contributed by atoms with van der Waals surface area (Å²) in [5.41, 5.74) is 2.91. The number of rotatable bonds is 9. The second kappa shape index (κ2) is 11.4. The number of aromatic carboxylic acids is 1. The first kappa shape index (κ1) is 26.2. The topological polar surface area (TPSA) is 118 Å². The zero-order valence-electron chi connectivity index (χ0n) is 21.2. The van der Waals surface area contributed by atoms with Gasteiger partial charge in [-0.3, -0.25) is 9.59 Å². The van der Waals surface area contributed by atoms with Gasteiger partial charge in [-0.15, -0.1) is 0 Å².